The van der Waals surface area contributed by atoms with Crippen LogP contribution in [0, 0.1) is 0 Å². The van der Waals surface area contributed by atoms with Crippen molar-refractivity contribution in [1.29, 1.82) is 0 Å². The Morgan fingerprint density at radius 2 is 2.11 bits per heavy atom. The summed E-state index contributed by atoms with van der Waals surface area (Å²) >= 11 is 6.11. The van der Waals surface area contributed by atoms with Gasteiger partial charge in [-0.3, -0.25) is 0 Å². The van der Waals surface area contributed by atoms with Gasteiger partial charge in [0.25, 0.3) is 0 Å². The third kappa shape index (κ3) is 1.58. The van der Waals surface area contributed by atoms with Crippen LogP contribution in [0.5, 0.6) is 5.75 Å². The summed E-state index contributed by atoms with van der Waals surface area (Å²) in [5.41, 5.74) is 0. The average Bonchev–Trinajstić information content (AvgIpc) is 1.83. The van der Waals surface area contributed by atoms with Gasteiger partial charge in [0.05, 0.1) is 0 Å². The molecule has 1 aromatic rings. The fraction of sp³-hybridized carbons (Fsp3) is 0. The molecule has 43 valence electrons. The molecule has 0 fully saturated rings. The van der Waals surface area contributed by atoms with Crippen LogP contribution in [-0.2, 0) is 26.1 Å². The van der Waals surface area contributed by atoms with E-state index in [1.165, 1.54) is 0 Å². The van der Waals surface area contributed by atoms with E-state index in [2.05, 4.69) is 0 Å². The summed E-state index contributed by atoms with van der Waals surface area (Å²) in [6.07, 6.45) is 0. The average molecular weight is 328 g/mol. The molecule has 1 N–H and O–H groups in total. The summed E-state index contributed by atoms with van der Waals surface area (Å²) in [6.45, 7) is 0. The van der Waals surface area contributed by atoms with E-state index in [0.717, 1.165) is 3.07 Å². The molecule has 0 atom stereocenters. The molecule has 0 aliphatic carbocycles. The molecule has 1 aromatic carbocycles. The second-order valence-corrected chi connectivity index (χ2v) is 4.89. The van der Waals surface area contributed by atoms with Crippen LogP contribution in [0.3, 0.4) is 0 Å². The SMILES string of the molecule is Oc1cccc(Cl)[c]1[Hg]. The van der Waals surface area contributed by atoms with Gasteiger partial charge in [0.2, 0.25) is 0 Å². The van der Waals surface area contributed by atoms with Crippen molar-refractivity contribution in [2.75, 3.05) is 0 Å². The van der Waals surface area contributed by atoms with E-state index in [9.17, 15) is 0 Å². The molecule has 0 aromatic heterocycles. The van der Waals surface area contributed by atoms with Crippen LogP contribution in [0.4, 0.5) is 0 Å². The summed E-state index contributed by atoms with van der Waals surface area (Å²) in [5.74, 6) is 0.339. The Morgan fingerprint density at radius 3 is 2.56 bits per heavy atom. The molecule has 0 saturated carbocycles. The number of hydrogen-bond donors (Lipinski definition) is 1. The Bertz CT molecular complexity index is 204. The van der Waals surface area contributed by atoms with Gasteiger partial charge in [0.1, 0.15) is 0 Å². The number of aromatic hydroxyl groups is 1. The van der Waals surface area contributed by atoms with Crippen LogP contribution in [0.25, 0.3) is 0 Å². The summed E-state index contributed by atoms with van der Waals surface area (Å²) in [4.78, 5) is 0. The van der Waals surface area contributed by atoms with Crippen molar-refractivity contribution >= 4 is 14.7 Å². The number of phenolic OH excluding ortho intramolecular Hbond substituents is 1. The fourth-order valence-corrected chi connectivity index (χ4v) is 1.63. The van der Waals surface area contributed by atoms with Gasteiger partial charge >= 0.3 is 74.9 Å². The van der Waals surface area contributed by atoms with Crippen molar-refractivity contribution in [2.24, 2.45) is 0 Å². The first kappa shape index (κ1) is 7.35. The van der Waals surface area contributed by atoms with Gasteiger partial charge in [0.15, 0.2) is 0 Å². The predicted octanol–water partition coefficient (Wildman–Crippen LogP) is 1.22. The van der Waals surface area contributed by atoms with Gasteiger partial charge in [-0.25, -0.2) is 0 Å². The zero-order chi connectivity index (χ0) is 6.85. The maximum atomic E-state index is 9.06. The minimum atomic E-state index is 0.339. The molecule has 1 rings (SSSR count). The van der Waals surface area contributed by atoms with E-state index in [4.69, 9.17) is 16.7 Å². The Balaban J connectivity index is 3.25. The summed E-state index contributed by atoms with van der Waals surface area (Å²) in [7, 11) is 0. The minimum absolute atomic E-state index is 0.339. The molecule has 0 spiro atoms. The zero-order valence-corrected chi connectivity index (χ0v) is 11.0. The van der Waals surface area contributed by atoms with Crippen LogP contribution < -0.4 is 3.07 Å². The standard InChI is InChI=1S/C6H4ClO.Hg/c7-5-2-1-3-6(8)4-5;/h1-3,8H;. The van der Waals surface area contributed by atoms with Crippen molar-refractivity contribution in [1.82, 2.24) is 0 Å². The van der Waals surface area contributed by atoms with Gasteiger partial charge in [-0.1, -0.05) is 0 Å². The molecule has 0 aliphatic rings. The van der Waals surface area contributed by atoms with E-state index in [1.807, 2.05) is 0 Å². The molecule has 3 heteroatoms. The van der Waals surface area contributed by atoms with Crippen molar-refractivity contribution in [3.8, 4) is 5.75 Å². The summed E-state index contributed by atoms with van der Waals surface area (Å²) < 4.78 is 0.930. The van der Waals surface area contributed by atoms with E-state index in [0.29, 0.717) is 36.9 Å². The van der Waals surface area contributed by atoms with Gasteiger partial charge in [-0.05, 0) is 0 Å². The Morgan fingerprint density at radius 1 is 1.44 bits per heavy atom. The van der Waals surface area contributed by atoms with Crippen LogP contribution >= 0.6 is 11.6 Å². The van der Waals surface area contributed by atoms with Gasteiger partial charge < -0.3 is 0 Å². The third-order valence-corrected chi connectivity index (χ3v) is 5.21. The molecule has 0 heterocycles. The van der Waals surface area contributed by atoms with Crippen molar-refractivity contribution < 1.29 is 31.2 Å². The second kappa shape index (κ2) is 2.89. The van der Waals surface area contributed by atoms with Crippen LogP contribution in [0.15, 0.2) is 18.2 Å². The Hall–Kier alpha value is 0.245. The van der Waals surface area contributed by atoms with Crippen LogP contribution in [0.2, 0.25) is 5.02 Å². The predicted molar refractivity (Wildman–Crippen MR) is 32.8 cm³/mol. The van der Waals surface area contributed by atoms with E-state index in [1.54, 1.807) is 18.2 Å². The number of rotatable bonds is 0. The first-order chi connectivity index (χ1) is 4.22. The van der Waals surface area contributed by atoms with E-state index in [-0.39, 0.29) is 0 Å². The Kier molecular flexibility index (Phi) is 2.36. The first-order valence-corrected chi connectivity index (χ1v) is 5.64. The van der Waals surface area contributed by atoms with E-state index < -0.39 is 0 Å². The van der Waals surface area contributed by atoms with Crippen LogP contribution in [0.1, 0.15) is 0 Å². The van der Waals surface area contributed by atoms with Gasteiger partial charge in [-0.15, -0.1) is 0 Å². The quantitative estimate of drug-likeness (QED) is 0.710. The van der Waals surface area contributed by atoms with Crippen molar-refractivity contribution in [3.63, 3.8) is 0 Å². The summed E-state index contributed by atoms with van der Waals surface area (Å²) in [6, 6.07) is 5.20. The van der Waals surface area contributed by atoms with E-state index >= 15 is 0 Å². The summed E-state index contributed by atoms with van der Waals surface area (Å²) in [5, 5.41) is 9.76. The molecule has 1 nitrogen and oxygen atoms in total. The zero-order valence-electron chi connectivity index (χ0n) is 4.76. The molecule has 0 bridgehead atoms. The van der Waals surface area contributed by atoms with Gasteiger partial charge in [0, 0.05) is 0 Å². The number of halogens is 1. The number of phenols is 1. The molecule has 0 aliphatic heterocycles. The maximum absolute atomic E-state index is 9.06. The Labute approximate surface area is 74.6 Å². The first-order valence-electron chi connectivity index (χ1n) is 2.51. The molecular weight excluding hydrogens is 324 g/mol. The number of benzene rings is 1. The molecule has 9 heavy (non-hydrogen) atoms. The molecule has 0 saturated heterocycles. The van der Waals surface area contributed by atoms with Gasteiger partial charge in [-0.2, -0.15) is 0 Å². The third-order valence-electron chi connectivity index (χ3n) is 1.09. The normalized spacial score (nSPS) is 9.67. The molecule has 0 radical (unpaired) electrons. The molecule has 0 unspecified atom stereocenters. The monoisotopic (exact) mass is 329 g/mol. The van der Waals surface area contributed by atoms with Crippen LogP contribution in [-0.4, -0.2) is 5.11 Å². The molecular formula is C6H4ClHgO. The van der Waals surface area contributed by atoms with Crippen molar-refractivity contribution in [2.45, 2.75) is 0 Å². The fourth-order valence-electron chi connectivity index (χ4n) is 0.547. The van der Waals surface area contributed by atoms with Crippen molar-refractivity contribution in [3.05, 3.63) is 23.2 Å². The topological polar surface area (TPSA) is 20.2 Å². The number of hydrogen-bond acceptors (Lipinski definition) is 1. The second-order valence-electron chi connectivity index (χ2n) is 1.74. The molecule has 0 amide bonds.